The number of fused-ring (bicyclic) bond motifs is 1. The number of nitrogens with zero attached hydrogens (tertiary/aromatic N) is 5. The molecular weight excluding hydrogens is 406 g/mol. The molecular formula is C28H29N5. The number of aromatic nitrogens is 2. The average molecular weight is 436 g/mol. The van der Waals surface area contributed by atoms with Crippen molar-refractivity contribution in [1.29, 1.82) is 5.26 Å². The molecule has 1 aliphatic heterocycles. The van der Waals surface area contributed by atoms with Gasteiger partial charge in [-0.25, -0.2) is 4.98 Å². The number of rotatable bonds is 4. The van der Waals surface area contributed by atoms with Gasteiger partial charge in [0.25, 0.3) is 0 Å². The molecule has 1 aliphatic rings. The first-order valence-corrected chi connectivity index (χ1v) is 11.6. The molecule has 0 unspecified atom stereocenters. The zero-order valence-corrected chi connectivity index (χ0v) is 19.3. The molecule has 166 valence electrons. The lowest BCUT2D eigenvalue weighted by Gasteiger charge is -2.21. The second kappa shape index (κ2) is 9.19. The van der Waals surface area contributed by atoms with E-state index in [1.165, 1.54) is 28.8 Å². The molecule has 0 radical (unpaired) electrons. The molecule has 0 N–H and O–H groups in total. The first-order chi connectivity index (χ1) is 16.1. The number of hydrogen-bond acceptors (Lipinski definition) is 4. The minimum Gasteiger partial charge on any atom is -0.305 e. The monoisotopic (exact) mass is 435 g/mol. The van der Waals surface area contributed by atoms with Gasteiger partial charge in [-0.3, -0.25) is 4.90 Å². The van der Waals surface area contributed by atoms with Crippen molar-refractivity contribution in [2.75, 3.05) is 33.2 Å². The summed E-state index contributed by atoms with van der Waals surface area (Å²) in [6.07, 6.45) is 3.41. The molecule has 0 amide bonds. The molecule has 0 saturated carbocycles. The Morgan fingerprint density at radius 3 is 2.48 bits per heavy atom. The van der Waals surface area contributed by atoms with Crippen molar-refractivity contribution in [2.45, 2.75) is 19.9 Å². The fourth-order valence-corrected chi connectivity index (χ4v) is 4.70. The van der Waals surface area contributed by atoms with Gasteiger partial charge in [0.2, 0.25) is 0 Å². The van der Waals surface area contributed by atoms with Gasteiger partial charge in [-0.15, -0.1) is 0 Å². The normalized spacial score (nSPS) is 15.4. The lowest BCUT2D eigenvalue weighted by Crippen LogP contribution is -2.29. The molecule has 2 aromatic carbocycles. The first-order valence-electron chi connectivity index (χ1n) is 11.6. The van der Waals surface area contributed by atoms with E-state index in [1.807, 2.05) is 24.3 Å². The van der Waals surface area contributed by atoms with Crippen molar-refractivity contribution in [1.82, 2.24) is 19.2 Å². The van der Waals surface area contributed by atoms with E-state index in [-0.39, 0.29) is 0 Å². The van der Waals surface area contributed by atoms with Crippen molar-refractivity contribution in [2.24, 2.45) is 0 Å². The van der Waals surface area contributed by atoms with Crippen LogP contribution in [-0.4, -0.2) is 52.4 Å². The van der Waals surface area contributed by atoms with E-state index in [0.717, 1.165) is 49.6 Å². The van der Waals surface area contributed by atoms with E-state index < -0.39 is 0 Å². The van der Waals surface area contributed by atoms with Gasteiger partial charge in [0.15, 0.2) is 0 Å². The molecule has 0 atom stereocenters. The number of imidazole rings is 1. The van der Waals surface area contributed by atoms with Gasteiger partial charge in [0.1, 0.15) is 5.65 Å². The number of pyridine rings is 1. The summed E-state index contributed by atoms with van der Waals surface area (Å²) in [5.41, 5.74) is 8.58. The van der Waals surface area contributed by atoms with Crippen LogP contribution in [0.1, 0.15) is 23.2 Å². The fraction of sp³-hybridized carbons (Fsp3) is 0.286. The van der Waals surface area contributed by atoms with Crippen molar-refractivity contribution >= 4 is 5.65 Å². The van der Waals surface area contributed by atoms with Crippen molar-refractivity contribution in [3.63, 3.8) is 0 Å². The Hall–Kier alpha value is -3.46. The molecule has 5 rings (SSSR count). The summed E-state index contributed by atoms with van der Waals surface area (Å²) in [7, 11) is 2.20. The van der Waals surface area contributed by atoms with Crippen LogP contribution in [0.2, 0.25) is 0 Å². The van der Waals surface area contributed by atoms with Gasteiger partial charge < -0.3 is 9.30 Å². The van der Waals surface area contributed by atoms with Gasteiger partial charge in [-0.1, -0.05) is 36.4 Å². The summed E-state index contributed by atoms with van der Waals surface area (Å²) in [6, 6.07) is 22.8. The highest BCUT2D eigenvalue weighted by molar-refractivity contribution is 5.71. The maximum atomic E-state index is 9.21. The molecule has 33 heavy (non-hydrogen) atoms. The van der Waals surface area contributed by atoms with Crippen molar-refractivity contribution < 1.29 is 0 Å². The zero-order chi connectivity index (χ0) is 22.8. The lowest BCUT2D eigenvalue weighted by molar-refractivity contribution is 0.266. The van der Waals surface area contributed by atoms with Crippen LogP contribution in [0.15, 0.2) is 66.9 Å². The van der Waals surface area contributed by atoms with E-state index in [4.69, 9.17) is 4.98 Å². The van der Waals surface area contributed by atoms with Crippen LogP contribution in [0.5, 0.6) is 0 Å². The van der Waals surface area contributed by atoms with Gasteiger partial charge in [0, 0.05) is 31.4 Å². The zero-order valence-electron chi connectivity index (χ0n) is 19.3. The molecule has 4 aromatic rings. The summed E-state index contributed by atoms with van der Waals surface area (Å²) in [6.45, 7) is 7.36. The minimum atomic E-state index is 0.668. The molecule has 0 bridgehead atoms. The minimum absolute atomic E-state index is 0.668. The smallest absolute Gasteiger partial charge is 0.137 e. The molecule has 5 nitrogen and oxygen atoms in total. The number of nitriles is 1. The van der Waals surface area contributed by atoms with Gasteiger partial charge in [-0.05, 0) is 74.4 Å². The van der Waals surface area contributed by atoms with E-state index in [9.17, 15) is 5.26 Å². The highest BCUT2D eigenvalue weighted by Gasteiger charge is 2.20. The summed E-state index contributed by atoms with van der Waals surface area (Å²) in [5, 5.41) is 9.21. The first kappa shape index (κ1) is 21.4. The predicted octanol–water partition coefficient (Wildman–Crippen LogP) is 4.99. The third kappa shape index (κ3) is 4.41. The molecule has 3 heterocycles. The number of benzene rings is 2. The Balaban J connectivity index is 1.62. The van der Waals surface area contributed by atoms with E-state index >= 15 is 0 Å². The third-order valence-corrected chi connectivity index (χ3v) is 6.65. The average Bonchev–Trinajstić information content (AvgIpc) is 3.06. The van der Waals surface area contributed by atoms with Crippen molar-refractivity contribution in [3.8, 4) is 28.5 Å². The largest absolute Gasteiger partial charge is 0.305 e. The van der Waals surface area contributed by atoms with Crippen molar-refractivity contribution in [3.05, 3.63) is 83.7 Å². The Morgan fingerprint density at radius 1 is 0.909 bits per heavy atom. The van der Waals surface area contributed by atoms with E-state index in [1.54, 1.807) is 0 Å². The Kier molecular flexibility index (Phi) is 5.95. The summed E-state index contributed by atoms with van der Waals surface area (Å²) < 4.78 is 2.27. The topological polar surface area (TPSA) is 47.6 Å². The summed E-state index contributed by atoms with van der Waals surface area (Å²) >= 11 is 0. The van der Waals surface area contributed by atoms with Gasteiger partial charge in [0.05, 0.1) is 23.0 Å². The second-order valence-electron chi connectivity index (χ2n) is 8.99. The maximum absolute atomic E-state index is 9.21. The van der Waals surface area contributed by atoms with Crippen LogP contribution in [-0.2, 0) is 6.54 Å². The molecule has 1 fully saturated rings. The molecule has 2 aromatic heterocycles. The third-order valence-electron chi connectivity index (χ3n) is 6.65. The highest BCUT2D eigenvalue weighted by atomic mass is 15.2. The van der Waals surface area contributed by atoms with Crippen LogP contribution in [0, 0.1) is 18.3 Å². The fourth-order valence-electron chi connectivity index (χ4n) is 4.70. The Bertz CT molecular complexity index is 1310. The number of likely N-dealkylation sites (N-methyl/N-ethyl adjacent to an activating group) is 1. The van der Waals surface area contributed by atoms with Crippen LogP contribution >= 0.6 is 0 Å². The molecule has 5 heteroatoms. The SMILES string of the molecule is Cc1ccccc1-c1ccc2nc(-c3ccc(C#N)cc3)c(CN3CCCN(C)CC3)n2c1. The summed E-state index contributed by atoms with van der Waals surface area (Å²) in [4.78, 5) is 9.99. The number of hydrogen-bond donors (Lipinski definition) is 0. The Labute approximate surface area is 195 Å². The second-order valence-corrected chi connectivity index (χ2v) is 8.99. The Morgan fingerprint density at radius 2 is 1.70 bits per heavy atom. The molecule has 0 aliphatic carbocycles. The van der Waals surface area contributed by atoms with Crippen LogP contribution in [0.3, 0.4) is 0 Å². The lowest BCUT2D eigenvalue weighted by atomic mass is 10.0. The van der Waals surface area contributed by atoms with Crippen LogP contribution in [0.25, 0.3) is 28.0 Å². The van der Waals surface area contributed by atoms with Crippen LogP contribution < -0.4 is 0 Å². The maximum Gasteiger partial charge on any atom is 0.137 e. The van der Waals surface area contributed by atoms with Gasteiger partial charge in [-0.2, -0.15) is 5.26 Å². The van der Waals surface area contributed by atoms with E-state index in [0.29, 0.717) is 5.56 Å². The predicted molar refractivity (Wildman–Crippen MR) is 133 cm³/mol. The summed E-state index contributed by atoms with van der Waals surface area (Å²) in [5.74, 6) is 0. The number of aryl methyl sites for hydroxylation is 1. The van der Waals surface area contributed by atoms with E-state index in [2.05, 4.69) is 76.8 Å². The quantitative estimate of drug-likeness (QED) is 0.453. The molecule has 0 spiro atoms. The van der Waals surface area contributed by atoms with Crippen LogP contribution in [0.4, 0.5) is 0 Å². The van der Waals surface area contributed by atoms with Gasteiger partial charge >= 0.3 is 0 Å². The highest BCUT2D eigenvalue weighted by Crippen LogP contribution is 2.30. The standard InChI is InChI=1S/C28H29N5/c1-21-6-3-4-7-25(21)24-12-13-27-30-28(23-10-8-22(18-29)9-11-23)26(33(27)19-24)20-32-15-5-14-31(2)16-17-32/h3-4,6-13,19H,5,14-17,20H2,1-2H3. The molecule has 1 saturated heterocycles.